The molecule has 5 amide bonds. The van der Waals surface area contributed by atoms with Crippen LogP contribution in [0.1, 0.15) is 145 Å². The number of primary amides is 3. The zero-order valence-electron chi connectivity index (χ0n) is 56.9. The highest BCUT2D eigenvalue weighted by Crippen LogP contribution is 2.40. The van der Waals surface area contributed by atoms with E-state index in [-0.39, 0.29) is 64.7 Å². The molecule has 14 rings (SSSR count). The molecule has 6 aliphatic rings. The molecule has 3 saturated heterocycles. The summed E-state index contributed by atoms with van der Waals surface area (Å²) in [5.74, 6) is -3.91. The number of carbonyl (C=O) groups excluding carboxylic acids is 5. The molecule has 0 unspecified atom stereocenters. The van der Waals surface area contributed by atoms with Gasteiger partial charge < -0.3 is 41.8 Å². The molecule has 7 N–H and O–H groups in total. The largest absolute Gasteiger partial charge is 0.444 e. The van der Waals surface area contributed by atoms with Gasteiger partial charge in [0.15, 0.2) is 32.6 Å². The van der Waals surface area contributed by atoms with Crippen molar-refractivity contribution in [3.05, 3.63) is 133 Å². The second-order valence-corrected chi connectivity index (χ2v) is 29.0. The van der Waals surface area contributed by atoms with Crippen molar-refractivity contribution in [2.45, 2.75) is 149 Å². The number of piperidine rings is 3. The average molecular weight is 1520 g/mol. The van der Waals surface area contributed by atoms with Crippen LogP contribution in [0.25, 0.3) is 56.9 Å². The predicted octanol–water partition coefficient (Wildman–Crippen LogP) is 9.82. The first-order valence-corrected chi connectivity index (χ1v) is 34.7. The smallest absolute Gasteiger partial charge is 0.410 e. The summed E-state index contributed by atoms with van der Waals surface area (Å²) in [4.78, 5) is 91.2. The second-order valence-electron chi connectivity index (χ2n) is 28.0. The third-order valence-corrected chi connectivity index (χ3v) is 19.2. The van der Waals surface area contributed by atoms with Crippen molar-refractivity contribution in [1.82, 2.24) is 74.4 Å². The van der Waals surface area contributed by atoms with Gasteiger partial charge in [-0.05, 0) is 190 Å². The molecule has 8 aromatic rings. The number of hydrogen-bond acceptors (Lipinski definition) is 17. The lowest BCUT2D eigenvalue weighted by molar-refractivity contribution is 0.0167. The van der Waals surface area contributed by atoms with Gasteiger partial charge in [0.25, 0.3) is 17.7 Å². The minimum Gasteiger partial charge on any atom is -0.444 e. The lowest BCUT2D eigenvalue weighted by Crippen LogP contribution is -2.42. The monoisotopic (exact) mass is 1520 g/mol. The Morgan fingerprint density at radius 3 is 1.14 bits per heavy atom. The highest BCUT2D eigenvalue weighted by Gasteiger charge is 2.37. The predicted molar refractivity (Wildman–Crippen MR) is 375 cm³/mol. The number of aryl methyl sites for hydroxylation is 3. The molecule has 6 aromatic heterocycles. The number of likely N-dealkylation sites (tertiary alicyclic amines) is 2. The number of nitrogens with one attached hydrogen (secondary N) is 1. The lowest BCUT2D eigenvalue weighted by atomic mass is 9.92. The summed E-state index contributed by atoms with van der Waals surface area (Å²) in [6, 6.07) is 7.26. The number of fused-ring (bicyclic) bond motifs is 9. The molecule has 9 heterocycles. The Bertz CT molecular complexity index is 4450. The third-order valence-electron chi connectivity index (χ3n) is 18.7. The summed E-state index contributed by atoms with van der Waals surface area (Å²) in [7, 11) is 0. The normalized spacial score (nSPS) is 15.9. The number of aromatic nitrogens is 12. The number of amides is 5. The lowest BCUT2D eigenvalue weighted by Gasteiger charge is -2.33. The van der Waals surface area contributed by atoms with Gasteiger partial charge in [-0.25, -0.2) is 57.1 Å². The molecule has 0 radical (unpaired) electrons. The Kier molecular flexibility index (Phi) is 21.9. The maximum Gasteiger partial charge on any atom is 0.410 e. The van der Waals surface area contributed by atoms with E-state index in [1.165, 1.54) is 24.3 Å². The van der Waals surface area contributed by atoms with E-state index in [1.807, 2.05) is 52.4 Å². The number of rotatable bonds is 11. The van der Waals surface area contributed by atoms with Crippen LogP contribution in [0.2, 0.25) is 0 Å². The topological polar surface area (TPSA) is 331 Å². The summed E-state index contributed by atoms with van der Waals surface area (Å²) in [5.41, 5.74) is 25.1. The Labute approximate surface area is 600 Å². The van der Waals surface area contributed by atoms with Crippen LogP contribution in [0, 0.1) is 44.9 Å². The zero-order valence-corrected chi connectivity index (χ0v) is 59.9. The molecule has 0 spiro atoms. The number of halogens is 6. The fourth-order valence-electron chi connectivity index (χ4n) is 13.8. The van der Waals surface area contributed by atoms with E-state index in [2.05, 4.69) is 73.1 Å². The maximum atomic E-state index is 14.5. The highest BCUT2D eigenvalue weighted by molar-refractivity contribution is 14.1. The maximum absolute atomic E-state index is 14.5. The Morgan fingerprint density at radius 1 is 0.495 bits per heavy atom. The van der Waals surface area contributed by atoms with E-state index in [4.69, 9.17) is 26.7 Å². The van der Waals surface area contributed by atoms with E-state index in [0.29, 0.717) is 128 Å². The van der Waals surface area contributed by atoms with Crippen molar-refractivity contribution in [1.29, 1.82) is 0 Å². The molecule has 2 aromatic carbocycles. The van der Waals surface area contributed by atoms with E-state index >= 15 is 0 Å². The number of ether oxygens (including phenoxy) is 2. The van der Waals surface area contributed by atoms with Crippen LogP contribution in [0.3, 0.4) is 0 Å². The summed E-state index contributed by atoms with van der Waals surface area (Å²) < 4.78 is 74.8. The minimum absolute atomic E-state index is 0. The summed E-state index contributed by atoms with van der Waals surface area (Å²) >= 11 is 2.10. The molecule has 0 bridgehead atoms. The van der Waals surface area contributed by atoms with Crippen LogP contribution in [0.15, 0.2) is 55.0 Å². The molecule has 534 valence electrons. The van der Waals surface area contributed by atoms with Crippen molar-refractivity contribution in [3.63, 3.8) is 0 Å². The fourth-order valence-corrected chi connectivity index (χ4v) is 14.2. The van der Waals surface area contributed by atoms with Crippen molar-refractivity contribution in [3.8, 4) is 56.9 Å². The van der Waals surface area contributed by atoms with Crippen LogP contribution in [0.5, 0.6) is 0 Å². The Hall–Kier alpha value is -9.04. The average Bonchev–Trinajstić information content (AvgIpc) is 1.65. The van der Waals surface area contributed by atoms with E-state index in [9.17, 15) is 41.5 Å². The number of benzene rings is 2. The van der Waals surface area contributed by atoms with Gasteiger partial charge in [0.2, 0.25) is 0 Å². The van der Waals surface area contributed by atoms with Crippen LogP contribution >= 0.6 is 35.0 Å². The Morgan fingerprint density at radius 2 is 0.812 bits per heavy atom. The van der Waals surface area contributed by atoms with Crippen molar-refractivity contribution >= 4 is 64.9 Å². The van der Waals surface area contributed by atoms with Gasteiger partial charge in [-0.15, -0.1) is 12.4 Å². The number of nitrogens with zero attached hydrogens (tertiary/aromatic N) is 14. The molecular weight excluding hydrogens is 1440 g/mol. The van der Waals surface area contributed by atoms with Crippen LogP contribution < -0.4 is 22.5 Å². The molecule has 25 nitrogen and oxygen atoms in total. The zero-order chi connectivity index (χ0) is 71.1. The van der Waals surface area contributed by atoms with Gasteiger partial charge in [0.1, 0.15) is 34.5 Å². The molecule has 3 aliphatic heterocycles. The van der Waals surface area contributed by atoms with E-state index in [0.717, 1.165) is 109 Å². The van der Waals surface area contributed by atoms with Gasteiger partial charge in [-0.3, -0.25) is 28.4 Å². The number of carbonyl (C=O) groups is 5. The van der Waals surface area contributed by atoms with Crippen molar-refractivity contribution in [2.75, 3.05) is 39.3 Å². The first kappa shape index (κ1) is 73.2. The fraction of sp³-hybridized carbons (Fsp3) is 0.457. The van der Waals surface area contributed by atoms with Crippen LogP contribution in [0.4, 0.5) is 27.2 Å². The molecule has 31 heteroatoms. The number of hydrogen-bond donors (Lipinski definition) is 4. The molecular formula is C70H80ClF4IN18O7. The summed E-state index contributed by atoms with van der Waals surface area (Å²) in [6.07, 6.45) is 13.3. The first-order valence-electron chi connectivity index (χ1n) is 33.6. The summed E-state index contributed by atoms with van der Waals surface area (Å²) in [5, 5.41) is 17.0. The standard InChI is InChI=1S/C27H30F2N6O3.C22H22F2N6O.C21H27IN6O3.ClH/c1-27(2,3)38-26(37)34-11-9-15(10-12-34)14-35-23-17(22(33-35)24(30)36)8-7-16-13-31-25(32-21(16)23)20-18(28)5-4-6-19(20)29;23-15-2-1-3-16(24)17(15)22-27-10-13-4-5-14-19(21(25)31)29-30(20(14)18(13)28-22)11-12-6-8-26-9-7-12;1-21(2,3)31-20(30)27-8-6-12(7-9-27)11-28-17-14(16(26-28)18(23)29)5-4-13-10-24-19(22)25-15(13)17;/h4-6,13,15H,7-12,14H2,1-3H3,(H2,30,36);1-3,10,12,26H,4-9,11H2,(H2,25,31);10,12H,4-9,11H2,1-3H3,(H2,23,29);1H. The first-order chi connectivity index (χ1) is 47.7. The molecule has 3 fully saturated rings. The van der Waals surface area contributed by atoms with E-state index < -0.39 is 52.2 Å². The summed E-state index contributed by atoms with van der Waals surface area (Å²) in [6.45, 7) is 17.1. The second kappa shape index (κ2) is 30.3. The van der Waals surface area contributed by atoms with Gasteiger partial charge in [-0.2, -0.15) is 15.3 Å². The third kappa shape index (κ3) is 16.2. The molecule has 0 saturated carbocycles. The molecule has 3 aliphatic carbocycles. The SMILES string of the molecule is CC(C)(C)OC(=O)N1CCC(Cn2nc(C(N)=O)c3c2-c2nc(-c4c(F)cccc4F)ncc2CC3)CC1.CC(C)(C)OC(=O)N1CCC(Cn2nc(C(N)=O)c3c2-c2nc(I)ncc2CC3)CC1.Cl.NC(=O)c1nn(CC2CCNCC2)c2c1CCc1cnc(-c3c(F)cccc3F)nc1-2. The quantitative estimate of drug-likeness (QED) is 0.0531. The highest BCUT2D eigenvalue weighted by atomic mass is 127. The molecule has 101 heavy (non-hydrogen) atoms. The van der Waals surface area contributed by atoms with Gasteiger partial charge in [0.05, 0.1) is 45.3 Å². The van der Waals surface area contributed by atoms with Gasteiger partial charge in [-0.1, -0.05) is 12.1 Å². The van der Waals surface area contributed by atoms with Crippen molar-refractivity contribution in [2.24, 2.45) is 35.0 Å². The van der Waals surface area contributed by atoms with Crippen LogP contribution in [-0.4, -0.2) is 149 Å². The Balaban J connectivity index is 0.000000153. The number of nitrogens with two attached hydrogens (primary N) is 3. The van der Waals surface area contributed by atoms with E-state index in [1.54, 1.807) is 31.6 Å². The van der Waals surface area contributed by atoms with Crippen LogP contribution in [-0.2, 0) is 67.6 Å². The minimum atomic E-state index is -0.760. The van der Waals surface area contributed by atoms with Gasteiger partial charge in [0, 0.05) is 104 Å². The van der Waals surface area contributed by atoms with Gasteiger partial charge >= 0.3 is 12.2 Å². The molecule has 0 atom stereocenters. The van der Waals surface area contributed by atoms with Crippen molar-refractivity contribution < 1.29 is 51.0 Å².